The molecule has 112 valence electrons. The Morgan fingerprint density at radius 2 is 2.05 bits per heavy atom. The molecule has 0 unspecified atom stereocenters. The summed E-state index contributed by atoms with van der Waals surface area (Å²) in [7, 11) is 0. The minimum Gasteiger partial charge on any atom is -0.300 e. The van der Waals surface area contributed by atoms with Gasteiger partial charge in [0.25, 0.3) is 0 Å². The summed E-state index contributed by atoms with van der Waals surface area (Å²) in [5, 5.41) is 0. The van der Waals surface area contributed by atoms with Gasteiger partial charge in [0.05, 0.1) is 0 Å². The van der Waals surface area contributed by atoms with Gasteiger partial charge in [-0.2, -0.15) is 0 Å². The minimum absolute atomic E-state index is 0.365. The van der Waals surface area contributed by atoms with Crippen molar-refractivity contribution in [1.82, 2.24) is 4.90 Å². The van der Waals surface area contributed by atoms with Gasteiger partial charge in [-0.25, -0.2) is 13.8 Å². The third-order valence-electron chi connectivity index (χ3n) is 3.73. The molecule has 4 heteroatoms. The van der Waals surface area contributed by atoms with Crippen LogP contribution in [-0.2, 0) is 6.42 Å². The van der Waals surface area contributed by atoms with E-state index in [1.165, 1.54) is 6.07 Å². The lowest BCUT2D eigenvalue weighted by atomic mass is 10.1. The molecule has 0 aromatic heterocycles. The third-order valence-corrected chi connectivity index (χ3v) is 3.73. The summed E-state index contributed by atoms with van der Waals surface area (Å²) in [6.07, 6.45) is 8.66. The fraction of sp³-hybridized carbons (Fsp3) is 0.167. The van der Waals surface area contributed by atoms with E-state index in [2.05, 4.69) is 11.6 Å². The number of aliphatic imine (C=N–C) groups is 1. The molecule has 2 heterocycles. The van der Waals surface area contributed by atoms with E-state index in [0.29, 0.717) is 18.4 Å². The number of fused-ring (bicyclic) bond motifs is 1. The third kappa shape index (κ3) is 2.64. The van der Waals surface area contributed by atoms with Crippen LogP contribution < -0.4 is 0 Å². The minimum atomic E-state index is -0.812. The highest BCUT2D eigenvalue weighted by atomic mass is 19.2. The monoisotopic (exact) mass is 298 g/mol. The Hall–Kier alpha value is -2.49. The van der Waals surface area contributed by atoms with Crippen LogP contribution in [0.2, 0.25) is 0 Å². The standard InChI is InChI=1S/C18H16F2N2/c1-12-5-3-8-17-21-15(11-13(2)22(12)17)10-9-14-6-4-7-16(19)18(14)20/h3-8,11H,2,9-10H2,1H3. The van der Waals surface area contributed by atoms with Crippen LogP contribution in [0, 0.1) is 11.6 Å². The van der Waals surface area contributed by atoms with E-state index in [1.807, 2.05) is 36.1 Å². The summed E-state index contributed by atoms with van der Waals surface area (Å²) in [5.74, 6) is -0.779. The van der Waals surface area contributed by atoms with Gasteiger partial charge < -0.3 is 0 Å². The molecule has 0 N–H and O–H groups in total. The van der Waals surface area contributed by atoms with Crippen molar-refractivity contribution in [2.24, 2.45) is 4.99 Å². The predicted octanol–water partition coefficient (Wildman–Crippen LogP) is 4.48. The molecule has 1 aromatic carbocycles. The van der Waals surface area contributed by atoms with Gasteiger partial charge in [-0.05, 0) is 49.6 Å². The summed E-state index contributed by atoms with van der Waals surface area (Å²) >= 11 is 0. The number of aryl methyl sites for hydroxylation is 1. The second kappa shape index (κ2) is 5.72. The average Bonchev–Trinajstić information content (AvgIpc) is 2.48. The lowest BCUT2D eigenvalue weighted by Gasteiger charge is -2.31. The van der Waals surface area contributed by atoms with Crippen LogP contribution in [0.3, 0.4) is 0 Å². The van der Waals surface area contributed by atoms with Gasteiger partial charge in [-0.15, -0.1) is 0 Å². The highest BCUT2D eigenvalue weighted by molar-refractivity contribution is 5.98. The predicted molar refractivity (Wildman–Crippen MR) is 84.1 cm³/mol. The summed E-state index contributed by atoms with van der Waals surface area (Å²) < 4.78 is 26.9. The second-order valence-electron chi connectivity index (χ2n) is 5.31. The zero-order valence-corrected chi connectivity index (χ0v) is 12.3. The summed E-state index contributed by atoms with van der Waals surface area (Å²) in [6.45, 7) is 6.04. The normalized spacial score (nSPS) is 17.0. The van der Waals surface area contributed by atoms with Crippen LogP contribution in [0.5, 0.6) is 0 Å². The smallest absolute Gasteiger partial charge is 0.162 e. The SMILES string of the molecule is C=C1C=C(CCc2cccc(F)c2F)N=C2C=CC=C(C)N12. The summed E-state index contributed by atoms with van der Waals surface area (Å²) in [4.78, 5) is 6.54. The fourth-order valence-corrected chi connectivity index (χ4v) is 2.63. The molecule has 0 bridgehead atoms. The Morgan fingerprint density at radius 1 is 1.23 bits per heavy atom. The molecule has 0 saturated heterocycles. The molecular weight excluding hydrogens is 282 g/mol. The first kappa shape index (κ1) is 14.4. The maximum Gasteiger partial charge on any atom is 0.162 e. The molecule has 2 aliphatic rings. The van der Waals surface area contributed by atoms with E-state index in [-0.39, 0.29) is 0 Å². The van der Waals surface area contributed by atoms with E-state index in [4.69, 9.17) is 0 Å². The van der Waals surface area contributed by atoms with Gasteiger partial charge in [0.2, 0.25) is 0 Å². The summed E-state index contributed by atoms with van der Waals surface area (Å²) in [5.41, 5.74) is 3.07. The fourth-order valence-electron chi connectivity index (χ4n) is 2.63. The van der Waals surface area contributed by atoms with Crippen LogP contribution in [0.25, 0.3) is 0 Å². The molecule has 0 spiro atoms. The first-order valence-electron chi connectivity index (χ1n) is 7.12. The zero-order chi connectivity index (χ0) is 15.7. The van der Waals surface area contributed by atoms with Crippen LogP contribution in [0.1, 0.15) is 18.9 Å². The van der Waals surface area contributed by atoms with Crippen molar-refractivity contribution in [3.8, 4) is 0 Å². The average molecular weight is 298 g/mol. The van der Waals surface area contributed by atoms with Crippen molar-refractivity contribution >= 4 is 5.84 Å². The van der Waals surface area contributed by atoms with Crippen molar-refractivity contribution in [1.29, 1.82) is 0 Å². The number of halogens is 2. The van der Waals surface area contributed by atoms with Crippen molar-refractivity contribution < 1.29 is 8.78 Å². The van der Waals surface area contributed by atoms with Crippen LogP contribution >= 0.6 is 0 Å². The van der Waals surface area contributed by atoms with Crippen LogP contribution in [-0.4, -0.2) is 10.7 Å². The number of benzene rings is 1. The maximum atomic E-state index is 13.7. The molecule has 0 fully saturated rings. The molecule has 0 atom stereocenters. The van der Waals surface area contributed by atoms with E-state index in [0.717, 1.165) is 29.0 Å². The van der Waals surface area contributed by atoms with Gasteiger partial charge in [-0.3, -0.25) is 4.90 Å². The Labute approximate surface area is 128 Å². The van der Waals surface area contributed by atoms with Crippen molar-refractivity contribution in [3.05, 3.63) is 83.4 Å². The molecule has 0 saturated carbocycles. The molecule has 3 rings (SSSR count). The van der Waals surface area contributed by atoms with Crippen LogP contribution in [0.4, 0.5) is 8.78 Å². The topological polar surface area (TPSA) is 15.6 Å². The number of nitrogens with zero attached hydrogens (tertiary/aromatic N) is 2. The Bertz CT molecular complexity index is 754. The first-order chi connectivity index (χ1) is 10.6. The molecule has 1 aromatic rings. The number of hydrogen-bond donors (Lipinski definition) is 0. The second-order valence-corrected chi connectivity index (χ2v) is 5.31. The van der Waals surface area contributed by atoms with Crippen LogP contribution in [0.15, 0.2) is 71.2 Å². The first-order valence-corrected chi connectivity index (χ1v) is 7.12. The van der Waals surface area contributed by atoms with Gasteiger partial charge in [-0.1, -0.05) is 24.8 Å². The molecule has 0 radical (unpaired) electrons. The number of amidine groups is 1. The van der Waals surface area contributed by atoms with E-state index < -0.39 is 11.6 Å². The molecular formula is C18H16F2N2. The Balaban J connectivity index is 1.77. The quantitative estimate of drug-likeness (QED) is 0.803. The number of hydrogen-bond acceptors (Lipinski definition) is 2. The van der Waals surface area contributed by atoms with E-state index >= 15 is 0 Å². The Kier molecular flexibility index (Phi) is 3.75. The maximum absolute atomic E-state index is 13.7. The lowest BCUT2D eigenvalue weighted by Crippen LogP contribution is -2.30. The van der Waals surface area contributed by atoms with Gasteiger partial charge in [0, 0.05) is 17.1 Å². The van der Waals surface area contributed by atoms with Gasteiger partial charge in [0.1, 0.15) is 5.84 Å². The van der Waals surface area contributed by atoms with E-state index in [1.54, 1.807) is 6.07 Å². The molecule has 0 aliphatic carbocycles. The van der Waals surface area contributed by atoms with Gasteiger partial charge in [0.15, 0.2) is 11.6 Å². The molecule has 2 aliphatic heterocycles. The largest absolute Gasteiger partial charge is 0.300 e. The Morgan fingerprint density at radius 3 is 2.86 bits per heavy atom. The van der Waals surface area contributed by atoms with Gasteiger partial charge >= 0.3 is 0 Å². The van der Waals surface area contributed by atoms with Crippen molar-refractivity contribution in [2.45, 2.75) is 19.8 Å². The molecule has 2 nitrogen and oxygen atoms in total. The van der Waals surface area contributed by atoms with Crippen molar-refractivity contribution in [3.63, 3.8) is 0 Å². The number of rotatable bonds is 3. The van der Waals surface area contributed by atoms with Crippen molar-refractivity contribution in [2.75, 3.05) is 0 Å². The number of allylic oxidation sites excluding steroid dienone is 5. The highest BCUT2D eigenvalue weighted by Gasteiger charge is 2.20. The zero-order valence-electron chi connectivity index (χ0n) is 12.3. The highest BCUT2D eigenvalue weighted by Crippen LogP contribution is 2.26. The van der Waals surface area contributed by atoms with E-state index in [9.17, 15) is 8.78 Å². The molecule has 0 amide bonds. The molecule has 22 heavy (non-hydrogen) atoms. The summed E-state index contributed by atoms with van der Waals surface area (Å²) in [6, 6.07) is 4.25. The lowest BCUT2D eigenvalue weighted by molar-refractivity contribution is 0.498.